The van der Waals surface area contributed by atoms with Crippen molar-refractivity contribution in [2.24, 2.45) is 0 Å². The van der Waals surface area contributed by atoms with E-state index >= 15 is 0 Å². The van der Waals surface area contributed by atoms with Crippen LogP contribution in [0, 0.1) is 0 Å². The van der Waals surface area contributed by atoms with E-state index in [1.165, 1.54) is 30.7 Å². The van der Waals surface area contributed by atoms with Crippen LogP contribution in [-0.2, 0) is 11.3 Å². The first-order chi connectivity index (χ1) is 10.2. The van der Waals surface area contributed by atoms with Gasteiger partial charge in [-0.1, -0.05) is 5.16 Å². The Morgan fingerprint density at radius 1 is 1.24 bits per heavy atom. The zero-order chi connectivity index (χ0) is 14.7. The molecule has 0 radical (unpaired) electrons. The van der Waals surface area contributed by atoms with Crippen LogP contribution in [0.3, 0.4) is 0 Å². The lowest BCUT2D eigenvalue weighted by atomic mass is 10.3. The molecule has 8 nitrogen and oxygen atoms in total. The number of amides is 1. The molecule has 3 aromatic rings. The van der Waals surface area contributed by atoms with E-state index in [-0.39, 0.29) is 17.9 Å². The third-order valence-electron chi connectivity index (χ3n) is 2.64. The topological polar surface area (TPSA) is 103 Å². The molecule has 0 aliphatic rings. The average molecular weight is 286 g/mol. The van der Waals surface area contributed by atoms with Crippen LogP contribution in [0.25, 0.3) is 11.5 Å². The van der Waals surface area contributed by atoms with E-state index in [2.05, 4.69) is 20.1 Å². The third-order valence-corrected chi connectivity index (χ3v) is 2.64. The van der Waals surface area contributed by atoms with Crippen molar-refractivity contribution in [3.63, 3.8) is 0 Å². The number of hydrogen-bond donors (Lipinski definition) is 1. The van der Waals surface area contributed by atoms with Crippen molar-refractivity contribution >= 4 is 11.7 Å². The number of nitrogens with zero attached hydrogens (tertiary/aromatic N) is 3. The van der Waals surface area contributed by atoms with Crippen LogP contribution < -0.4 is 10.9 Å². The molecule has 3 aromatic heterocycles. The SMILES string of the molecule is O=C(Cn1nc(-c2ccco2)ccc1=O)Nc1ccon1. The molecule has 0 atom stereocenters. The molecule has 21 heavy (non-hydrogen) atoms. The molecule has 8 heteroatoms. The molecule has 1 amide bonds. The van der Waals surface area contributed by atoms with Gasteiger partial charge >= 0.3 is 0 Å². The molecule has 0 aromatic carbocycles. The third kappa shape index (κ3) is 2.89. The summed E-state index contributed by atoms with van der Waals surface area (Å²) in [5.41, 5.74) is 0.0782. The van der Waals surface area contributed by atoms with E-state index in [0.29, 0.717) is 11.5 Å². The molecule has 0 aliphatic carbocycles. The number of nitrogens with one attached hydrogen (secondary N) is 1. The number of furan rings is 1. The number of carbonyl (C=O) groups is 1. The first kappa shape index (κ1) is 12.9. The number of aromatic nitrogens is 3. The highest BCUT2D eigenvalue weighted by Crippen LogP contribution is 2.15. The Hall–Kier alpha value is -3.16. The second-order valence-corrected chi connectivity index (χ2v) is 4.12. The van der Waals surface area contributed by atoms with Gasteiger partial charge in [-0.05, 0) is 18.2 Å². The zero-order valence-electron chi connectivity index (χ0n) is 10.7. The Labute approximate surface area is 118 Å². The van der Waals surface area contributed by atoms with E-state index in [9.17, 15) is 9.59 Å². The standard InChI is InChI=1S/C13H10N4O4/c18-12(14-11-5-7-21-16-11)8-17-13(19)4-3-9(15-17)10-2-1-6-20-10/h1-7H,8H2,(H,14,16,18). The second kappa shape index (κ2) is 5.45. The van der Waals surface area contributed by atoms with Crippen LogP contribution in [-0.4, -0.2) is 20.8 Å². The maximum atomic E-state index is 11.8. The Morgan fingerprint density at radius 2 is 2.14 bits per heavy atom. The van der Waals surface area contributed by atoms with Crippen LogP contribution in [0.1, 0.15) is 0 Å². The molecule has 0 unspecified atom stereocenters. The van der Waals surface area contributed by atoms with Gasteiger partial charge in [0, 0.05) is 12.1 Å². The van der Waals surface area contributed by atoms with Crippen molar-refractivity contribution in [3.8, 4) is 11.5 Å². The van der Waals surface area contributed by atoms with Crippen molar-refractivity contribution in [1.29, 1.82) is 0 Å². The molecule has 3 rings (SSSR count). The molecular weight excluding hydrogens is 276 g/mol. The summed E-state index contributed by atoms with van der Waals surface area (Å²) in [6.07, 6.45) is 2.83. The first-order valence-corrected chi connectivity index (χ1v) is 6.04. The van der Waals surface area contributed by atoms with Gasteiger partial charge in [0.15, 0.2) is 11.6 Å². The van der Waals surface area contributed by atoms with Crippen molar-refractivity contribution in [2.45, 2.75) is 6.54 Å². The highest BCUT2D eigenvalue weighted by atomic mass is 16.5. The lowest BCUT2D eigenvalue weighted by Crippen LogP contribution is -2.29. The number of rotatable bonds is 4. The number of anilines is 1. The summed E-state index contributed by atoms with van der Waals surface area (Å²) in [6.45, 7) is -0.236. The fourth-order valence-electron chi connectivity index (χ4n) is 1.71. The summed E-state index contributed by atoms with van der Waals surface area (Å²) in [5, 5.41) is 10.1. The Morgan fingerprint density at radius 3 is 2.86 bits per heavy atom. The molecule has 0 fully saturated rings. The molecule has 0 bridgehead atoms. The predicted octanol–water partition coefficient (Wildman–Crippen LogP) is 1.13. The fourth-order valence-corrected chi connectivity index (χ4v) is 1.71. The van der Waals surface area contributed by atoms with E-state index in [1.807, 2.05) is 0 Å². The van der Waals surface area contributed by atoms with Gasteiger partial charge in [0.2, 0.25) is 5.91 Å². The fraction of sp³-hybridized carbons (Fsp3) is 0.0769. The van der Waals surface area contributed by atoms with Gasteiger partial charge in [0.05, 0.1) is 6.26 Å². The van der Waals surface area contributed by atoms with Gasteiger partial charge < -0.3 is 14.3 Å². The Balaban J connectivity index is 1.80. The van der Waals surface area contributed by atoms with Gasteiger partial charge in [0.1, 0.15) is 18.5 Å². The van der Waals surface area contributed by atoms with Crippen molar-refractivity contribution < 1.29 is 13.7 Å². The summed E-state index contributed by atoms with van der Waals surface area (Å²) in [6, 6.07) is 7.78. The van der Waals surface area contributed by atoms with Gasteiger partial charge in [-0.25, -0.2) is 4.68 Å². The molecule has 106 valence electrons. The minimum Gasteiger partial charge on any atom is -0.463 e. The molecule has 0 aliphatic heterocycles. The first-order valence-electron chi connectivity index (χ1n) is 6.04. The minimum absolute atomic E-state index is 0.236. The molecule has 0 spiro atoms. The maximum absolute atomic E-state index is 11.8. The quantitative estimate of drug-likeness (QED) is 0.771. The zero-order valence-corrected chi connectivity index (χ0v) is 10.7. The summed E-state index contributed by atoms with van der Waals surface area (Å²) < 4.78 is 10.8. The molecule has 3 heterocycles. The largest absolute Gasteiger partial charge is 0.463 e. The lowest BCUT2D eigenvalue weighted by Gasteiger charge is -2.05. The molecule has 1 N–H and O–H groups in total. The van der Waals surface area contributed by atoms with E-state index in [1.54, 1.807) is 12.1 Å². The summed E-state index contributed by atoms with van der Waals surface area (Å²) in [5.74, 6) is 0.353. The van der Waals surface area contributed by atoms with Crippen LogP contribution >= 0.6 is 0 Å². The number of hydrogen-bond acceptors (Lipinski definition) is 6. The normalized spacial score (nSPS) is 10.5. The lowest BCUT2D eigenvalue weighted by molar-refractivity contribution is -0.117. The van der Waals surface area contributed by atoms with E-state index < -0.39 is 5.91 Å². The molecule has 0 saturated carbocycles. The van der Waals surface area contributed by atoms with E-state index in [0.717, 1.165) is 4.68 Å². The van der Waals surface area contributed by atoms with Crippen LogP contribution in [0.2, 0.25) is 0 Å². The summed E-state index contributed by atoms with van der Waals surface area (Å²) in [4.78, 5) is 23.5. The summed E-state index contributed by atoms with van der Waals surface area (Å²) in [7, 11) is 0. The smallest absolute Gasteiger partial charge is 0.267 e. The summed E-state index contributed by atoms with van der Waals surface area (Å²) >= 11 is 0. The highest BCUT2D eigenvalue weighted by molar-refractivity contribution is 5.89. The molecule has 0 saturated heterocycles. The van der Waals surface area contributed by atoms with Crippen molar-refractivity contribution in [3.05, 3.63) is 53.2 Å². The van der Waals surface area contributed by atoms with E-state index in [4.69, 9.17) is 4.42 Å². The van der Waals surface area contributed by atoms with Gasteiger partial charge in [-0.2, -0.15) is 5.10 Å². The second-order valence-electron chi connectivity index (χ2n) is 4.12. The van der Waals surface area contributed by atoms with Gasteiger partial charge in [-0.3, -0.25) is 9.59 Å². The highest BCUT2D eigenvalue weighted by Gasteiger charge is 2.10. The average Bonchev–Trinajstić information content (AvgIpc) is 3.14. The Bertz CT molecular complexity index is 790. The number of carbonyl (C=O) groups excluding carboxylic acids is 1. The minimum atomic E-state index is -0.435. The van der Waals surface area contributed by atoms with Gasteiger partial charge in [0.25, 0.3) is 5.56 Å². The van der Waals surface area contributed by atoms with Crippen LogP contribution in [0.4, 0.5) is 5.82 Å². The van der Waals surface area contributed by atoms with Crippen molar-refractivity contribution in [1.82, 2.24) is 14.9 Å². The maximum Gasteiger partial charge on any atom is 0.267 e. The van der Waals surface area contributed by atoms with Crippen LogP contribution in [0.15, 0.2) is 56.6 Å². The van der Waals surface area contributed by atoms with Crippen molar-refractivity contribution in [2.75, 3.05) is 5.32 Å². The Kier molecular flexibility index (Phi) is 3.34. The van der Waals surface area contributed by atoms with Crippen LogP contribution in [0.5, 0.6) is 0 Å². The predicted molar refractivity (Wildman–Crippen MR) is 71.3 cm³/mol. The molecular formula is C13H10N4O4. The monoisotopic (exact) mass is 286 g/mol. The van der Waals surface area contributed by atoms with Gasteiger partial charge in [-0.15, -0.1) is 0 Å².